The fourth-order valence-corrected chi connectivity index (χ4v) is 5.45. The highest BCUT2D eigenvalue weighted by atomic mass is 35.5. The van der Waals surface area contributed by atoms with Crippen molar-refractivity contribution in [1.82, 2.24) is 4.90 Å². The van der Waals surface area contributed by atoms with E-state index >= 15 is 0 Å². The van der Waals surface area contributed by atoms with Gasteiger partial charge in [0, 0.05) is 36.9 Å². The van der Waals surface area contributed by atoms with Crippen molar-refractivity contribution >= 4 is 38.9 Å². The quantitative estimate of drug-likeness (QED) is 0.504. The molecule has 1 heterocycles. The molecule has 0 spiro atoms. The van der Waals surface area contributed by atoms with Gasteiger partial charge in [-0.15, -0.1) is 0 Å². The third-order valence-electron chi connectivity index (χ3n) is 5.79. The highest BCUT2D eigenvalue weighted by molar-refractivity contribution is 7.92. The zero-order valence-electron chi connectivity index (χ0n) is 18.7. The molecule has 4 rings (SSSR count). The van der Waals surface area contributed by atoms with Gasteiger partial charge in [-0.3, -0.25) is 9.10 Å². The second-order valence-electron chi connectivity index (χ2n) is 8.15. The van der Waals surface area contributed by atoms with Crippen molar-refractivity contribution in [3.8, 4) is 0 Å². The van der Waals surface area contributed by atoms with Crippen molar-refractivity contribution in [2.75, 3.05) is 41.9 Å². The summed E-state index contributed by atoms with van der Waals surface area (Å²) in [5.74, 6) is -0.575. The lowest BCUT2D eigenvalue weighted by molar-refractivity contribution is -0.129. The number of sulfonamides is 1. The van der Waals surface area contributed by atoms with Crippen molar-refractivity contribution < 1.29 is 17.6 Å². The van der Waals surface area contributed by atoms with Gasteiger partial charge in [-0.1, -0.05) is 23.7 Å². The summed E-state index contributed by atoms with van der Waals surface area (Å²) in [6.45, 7) is 3.59. The first-order valence-electron chi connectivity index (χ1n) is 10.9. The number of anilines is 2. The van der Waals surface area contributed by atoms with E-state index in [1.165, 1.54) is 36.4 Å². The average Bonchev–Trinajstić information content (AvgIpc) is 2.83. The van der Waals surface area contributed by atoms with E-state index in [1.807, 2.05) is 13.0 Å². The number of aryl methyl sites for hydroxylation is 1. The smallest absolute Gasteiger partial charge is 0.264 e. The maximum absolute atomic E-state index is 13.5. The number of nitrogens with zero attached hydrogens (tertiary/aromatic N) is 3. The summed E-state index contributed by atoms with van der Waals surface area (Å²) in [5, 5.41) is 0.427. The molecule has 1 amide bonds. The minimum absolute atomic E-state index is 0.0623. The topological polar surface area (TPSA) is 60.9 Å². The SMILES string of the molecule is Cc1cccc(N(CC(=O)N2CCN(c3ccc(F)cc3)CC2)S(=O)(=O)c2ccc(Cl)cc2)c1. The molecule has 6 nitrogen and oxygen atoms in total. The molecular weight excluding hydrogens is 477 g/mol. The van der Waals surface area contributed by atoms with Crippen molar-refractivity contribution in [2.45, 2.75) is 11.8 Å². The highest BCUT2D eigenvalue weighted by Gasteiger charge is 2.30. The van der Waals surface area contributed by atoms with Gasteiger partial charge in [0.1, 0.15) is 12.4 Å². The molecule has 0 saturated carbocycles. The van der Waals surface area contributed by atoms with Gasteiger partial charge in [0.15, 0.2) is 0 Å². The van der Waals surface area contributed by atoms with Crippen LogP contribution in [-0.2, 0) is 14.8 Å². The molecule has 1 fully saturated rings. The summed E-state index contributed by atoms with van der Waals surface area (Å²) in [5.41, 5.74) is 2.20. The fourth-order valence-electron chi connectivity index (χ4n) is 3.92. The largest absolute Gasteiger partial charge is 0.368 e. The standard InChI is InChI=1S/C25H25ClFN3O3S/c1-19-3-2-4-23(17-19)30(34(32,33)24-11-5-20(26)6-12-24)18-25(31)29-15-13-28(14-16-29)22-9-7-21(27)8-10-22/h2-12,17H,13-16,18H2,1H3. The first-order chi connectivity index (χ1) is 16.2. The lowest BCUT2D eigenvalue weighted by Crippen LogP contribution is -2.52. The van der Waals surface area contributed by atoms with Gasteiger partial charge in [0.05, 0.1) is 10.6 Å². The summed E-state index contributed by atoms with van der Waals surface area (Å²) < 4.78 is 41.4. The molecular formula is C25H25ClFN3O3S. The maximum atomic E-state index is 13.5. The number of carbonyl (C=O) groups excluding carboxylic acids is 1. The van der Waals surface area contributed by atoms with Gasteiger partial charge in [-0.05, 0) is 73.2 Å². The average molecular weight is 502 g/mol. The molecule has 178 valence electrons. The van der Waals surface area contributed by atoms with Gasteiger partial charge in [0.25, 0.3) is 10.0 Å². The molecule has 0 radical (unpaired) electrons. The van der Waals surface area contributed by atoms with E-state index in [0.717, 1.165) is 15.6 Å². The van der Waals surface area contributed by atoms with Gasteiger partial charge in [-0.25, -0.2) is 12.8 Å². The van der Waals surface area contributed by atoms with Crippen LogP contribution in [0, 0.1) is 12.7 Å². The number of hydrogen-bond acceptors (Lipinski definition) is 4. The van der Waals surface area contributed by atoms with Crippen LogP contribution in [0.3, 0.4) is 0 Å². The van der Waals surface area contributed by atoms with Gasteiger partial charge >= 0.3 is 0 Å². The van der Waals surface area contributed by atoms with Crippen LogP contribution in [0.2, 0.25) is 5.02 Å². The molecule has 0 N–H and O–H groups in total. The van der Waals surface area contributed by atoms with E-state index in [0.29, 0.717) is 36.9 Å². The predicted molar refractivity (Wildman–Crippen MR) is 132 cm³/mol. The molecule has 1 aliphatic heterocycles. The number of benzene rings is 3. The molecule has 0 aliphatic carbocycles. The Labute approximate surface area is 204 Å². The van der Waals surface area contributed by atoms with Crippen LogP contribution in [0.25, 0.3) is 0 Å². The Kier molecular flexibility index (Phi) is 7.09. The van der Waals surface area contributed by atoms with Crippen LogP contribution in [0.5, 0.6) is 0 Å². The Morgan fingerprint density at radius 3 is 2.24 bits per heavy atom. The van der Waals surface area contributed by atoms with E-state index < -0.39 is 10.0 Å². The zero-order valence-corrected chi connectivity index (χ0v) is 20.3. The lowest BCUT2D eigenvalue weighted by atomic mass is 10.2. The Morgan fingerprint density at radius 1 is 0.971 bits per heavy atom. The summed E-state index contributed by atoms with van der Waals surface area (Å²) in [4.78, 5) is 17.0. The minimum atomic E-state index is -4.00. The third kappa shape index (κ3) is 5.34. The van der Waals surface area contributed by atoms with Crippen LogP contribution in [0.4, 0.5) is 15.8 Å². The van der Waals surface area contributed by atoms with Crippen molar-refractivity contribution in [3.05, 3.63) is 89.2 Å². The Balaban J connectivity index is 1.53. The van der Waals surface area contributed by atoms with Crippen molar-refractivity contribution in [3.63, 3.8) is 0 Å². The number of hydrogen-bond donors (Lipinski definition) is 0. The molecule has 0 aromatic heterocycles. The van der Waals surface area contributed by atoms with Crippen molar-refractivity contribution in [2.24, 2.45) is 0 Å². The van der Waals surface area contributed by atoms with Crippen LogP contribution >= 0.6 is 11.6 Å². The number of carbonyl (C=O) groups is 1. The zero-order chi connectivity index (χ0) is 24.3. The molecule has 34 heavy (non-hydrogen) atoms. The number of amides is 1. The van der Waals surface area contributed by atoms with Crippen molar-refractivity contribution in [1.29, 1.82) is 0 Å². The Morgan fingerprint density at radius 2 is 1.62 bits per heavy atom. The molecule has 0 atom stereocenters. The Bertz CT molecular complexity index is 1260. The summed E-state index contributed by atoms with van der Waals surface area (Å²) >= 11 is 5.94. The molecule has 0 bridgehead atoms. The highest BCUT2D eigenvalue weighted by Crippen LogP contribution is 2.26. The fraction of sp³-hybridized carbons (Fsp3) is 0.240. The van der Waals surface area contributed by atoms with Gasteiger partial charge < -0.3 is 9.80 Å². The van der Waals surface area contributed by atoms with E-state index in [9.17, 15) is 17.6 Å². The maximum Gasteiger partial charge on any atom is 0.264 e. The molecule has 1 saturated heterocycles. The Hall–Kier alpha value is -3.10. The lowest BCUT2D eigenvalue weighted by Gasteiger charge is -2.37. The molecule has 3 aromatic rings. The van der Waals surface area contributed by atoms with Crippen LogP contribution < -0.4 is 9.21 Å². The van der Waals surface area contributed by atoms with Gasteiger partial charge in [0.2, 0.25) is 5.91 Å². The molecule has 1 aliphatic rings. The van der Waals surface area contributed by atoms with Crippen LogP contribution in [0.15, 0.2) is 77.7 Å². The van der Waals surface area contributed by atoms with Gasteiger partial charge in [-0.2, -0.15) is 0 Å². The first kappa shape index (κ1) is 24.0. The second kappa shape index (κ2) is 10.0. The van der Waals surface area contributed by atoms with Crippen LogP contribution in [0.1, 0.15) is 5.56 Å². The predicted octanol–water partition coefficient (Wildman–Crippen LogP) is 4.33. The van der Waals surface area contributed by atoms with Crippen LogP contribution in [-0.4, -0.2) is 51.9 Å². The summed E-state index contributed by atoms with van der Waals surface area (Å²) in [6.07, 6.45) is 0. The number of halogens is 2. The monoisotopic (exact) mass is 501 g/mol. The molecule has 0 unspecified atom stereocenters. The summed E-state index contributed by atoms with van der Waals surface area (Å²) in [6, 6.07) is 19.2. The van der Waals surface area contributed by atoms with E-state index in [1.54, 1.807) is 35.2 Å². The first-order valence-corrected chi connectivity index (χ1v) is 12.7. The number of piperazine rings is 1. The number of rotatable bonds is 6. The van der Waals surface area contributed by atoms with E-state index in [-0.39, 0.29) is 23.2 Å². The summed E-state index contributed by atoms with van der Waals surface area (Å²) in [7, 11) is -4.00. The molecule has 3 aromatic carbocycles. The second-order valence-corrected chi connectivity index (χ2v) is 10.4. The minimum Gasteiger partial charge on any atom is -0.368 e. The third-order valence-corrected chi connectivity index (χ3v) is 7.83. The normalized spacial score (nSPS) is 14.2. The molecule has 9 heteroatoms. The van der Waals surface area contributed by atoms with E-state index in [4.69, 9.17) is 11.6 Å². The van der Waals surface area contributed by atoms with E-state index in [2.05, 4.69) is 4.90 Å².